The van der Waals surface area contributed by atoms with Crippen molar-refractivity contribution in [3.05, 3.63) is 58.1 Å². The van der Waals surface area contributed by atoms with E-state index >= 15 is 0 Å². The molecule has 0 radical (unpaired) electrons. The molecule has 0 aromatic heterocycles. The smallest absolute Gasteiger partial charge is 0.253 e. The van der Waals surface area contributed by atoms with E-state index in [0.29, 0.717) is 48.3 Å². The number of amides is 2. The van der Waals surface area contributed by atoms with E-state index in [1.165, 1.54) is 5.56 Å². The fourth-order valence-corrected chi connectivity index (χ4v) is 4.03. The molecule has 0 N–H and O–H groups in total. The van der Waals surface area contributed by atoms with Crippen LogP contribution in [-0.4, -0.2) is 48.0 Å². The maximum Gasteiger partial charge on any atom is 0.253 e. The summed E-state index contributed by atoms with van der Waals surface area (Å²) in [6, 6.07) is 11.3. The van der Waals surface area contributed by atoms with Gasteiger partial charge in [-0.1, -0.05) is 44.5 Å². The highest BCUT2D eigenvalue weighted by Gasteiger charge is 2.26. The third-order valence-electron chi connectivity index (χ3n) is 5.78. The number of halogens is 1. The SMILES string of the molecule is CC(C)(C)c1ccc(C(=O)N2CCC(=O)N(Cc3cc4c(cc3Cl)OCO4)CC2)cc1. The molecule has 0 bridgehead atoms. The molecule has 2 heterocycles. The highest BCUT2D eigenvalue weighted by atomic mass is 35.5. The van der Waals surface area contributed by atoms with Gasteiger partial charge in [-0.3, -0.25) is 9.59 Å². The van der Waals surface area contributed by atoms with Crippen molar-refractivity contribution in [2.24, 2.45) is 0 Å². The summed E-state index contributed by atoms with van der Waals surface area (Å²) in [5.41, 5.74) is 2.67. The topological polar surface area (TPSA) is 59.1 Å². The number of nitrogens with zero attached hydrogens (tertiary/aromatic N) is 2. The van der Waals surface area contributed by atoms with Gasteiger partial charge in [0.05, 0.1) is 0 Å². The molecule has 2 aromatic carbocycles. The lowest BCUT2D eigenvalue weighted by atomic mass is 9.86. The summed E-state index contributed by atoms with van der Waals surface area (Å²) in [4.78, 5) is 29.2. The molecule has 0 atom stereocenters. The molecule has 1 saturated heterocycles. The zero-order valence-corrected chi connectivity index (χ0v) is 18.9. The second-order valence-electron chi connectivity index (χ2n) is 8.98. The van der Waals surface area contributed by atoms with Crippen molar-refractivity contribution in [1.29, 1.82) is 0 Å². The third kappa shape index (κ3) is 4.64. The lowest BCUT2D eigenvalue weighted by Crippen LogP contribution is -2.35. The average Bonchev–Trinajstić information content (AvgIpc) is 3.10. The Kier molecular flexibility index (Phi) is 5.84. The highest BCUT2D eigenvalue weighted by Crippen LogP contribution is 2.37. The average molecular weight is 443 g/mol. The Hall–Kier alpha value is -2.73. The second-order valence-corrected chi connectivity index (χ2v) is 9.39. The quantitative estimate of drug-likeness (QED) is 0.713. The first-order valence-corrected chi connectivity index (χ1v) is 10.9. The lowest BCUT2D eigenvalue weighted by molar-refractivity contribution is -0.130. The Morgan fingerprint density at radius 3 is 2.39 bits per heavy atom. The van der Waals surface area contributed by atoms with Crippen LogP contribution >= 0.6 is 11.6 Å². The number of rotatable bonds is 3. The van der Waals surface area contributed by atoms with Gasteiger partial charge >= 0.3 is 0 Å². The molecule has 2 aliphatic rings. The van der Waals surface area contributed by atoms with Crippen molar-refractivity contribution >= 4 is 23.4 Å². The third-order valence-corrected chi connectivity index (χ3v) is 6.13. The van der Waals surface area contributed by atoms with Gasteiger partial charge in [0.25, 0.3) is 5.91 Å². The highest BCUT2D eigenvalue weighted by molar-refractivity contribution is 6.31. The zero-order valence-electron chi connectivity index (χ0n) is 18.1. The number of hydrogen-bond acceptors (Lipinski definition) is 4. The summed E-state index contributed by atoms with van der Waals surface area (Å²) in [7, 11) is 0. The van der Waals surface area contributed by atoms with E-state index in [2.05, 4.69) is 20.8 Å². The number of carbonyl (C=O) groups excluding carboxylic acids is 2. The van der Waals surface area contributed by atoms with Gasteiger partial charge < -0.3 is 19.3 Å². The largest absolute Gasteiger partial charge is 0.454 e. The van der Waals surface area contributed by atoms with E-state index in [0.717, 1.165) is 5.56 Å². The molecule has 31 heavy (non-hydrogen) atoms. The van der Waals surface area contributed by atoms with E-state index < -0.39 is 0 Å². The molecule has 4 rings (SSSR count). The number of ether oxygens (including phenoxy) is 2. The Labute approximate surface area is 187 Å². The molecule has 0 unspecified atom stereocenters. The van der Waals surface area contributed by atoms with Crippen LogP contribution in [0.25, 0.3) is 0 Å². The van der Waals surface area contributed by atoms with Crippen LogP contribution in [0.3, 0.4) is 0 Å². The minimum atomic E-state index is -0.0452. The van der Waals surface area contributed by atoms with Gasteiger partial charge in [-0.2, -0.15) is 0 Å². The molecular weight excluding hydrogens is 416 g/mol. The minimum Gasteiger partial charge on any atom is -0.454 e. The van der Waals surface area contributed by atoms with Crippen molar-refractivity contribution in [2.75, 3.05) is 26.4 Å². The maximum atomic E-state index is 13.0. The minimum absolute atomic E-state index is 0.00659. The molecular formula is C24H27ClN2O4. The van der Waals surface area contributed by atoms with Crippen LogP contribution in [0.5, 0.6) is 11.5 Å². The Balaban J connectivity index is 1.43. The summed E-state index contributed by atoms with van der Waals surface area (Å²) < 4.78 is 10.8. The number of carbonyl (C=O) groups is 2. The van der Waals surface area contributed by atoms with Crippen molar-refractivity contribution in [2.45, 2.75) is 39.2 Å². The lowest BCUT2D eigenvalue weighted by Gasteiger charge is -2.23. The molecule has 164 valence electrons. The van der Waals surface area contributed by atoms with Gasteiger partial charge in [0, 0.05) is 49.3 Å². The van der Waals surface area contributed by atoms with Gasteiger partial charge in [-0.25, -0.2) is 0 Å². The molecule has 0 saturated carbocycles. The zero-order chi connectivity index (χ0) is 22.2. The van der Waals surface area contributed by atoms with Crippen LogP contribution in [-0.2, 0) is 16.8 Å². The van der Waals surface area contributed by atoms with Crippen LogP contribution in [0, 0.1) is 0 Å². The Bertz CT molecular complexity index is 998. The summed E-state index contributed by atoms with van der Waals surface area (Å²) in [5, 5.41) is 0.535. The fraction of sp³-hybridized carbons (Fsp3) is 0.417. The van der Waals surface area contributed by atoms with Crippen molar-refractivity contribution in [1.82, 2.24) is 9.80 Å². The van der Waals surface area contributed by atoms with Crippen LogP contribution in [0.15, 0.2) is 36.4 Å². The predicted molar refractivity (Wildman–Crippen MR) is 119 cm³/mol. The van der Waals surface area contributed by atoms with E-state index in [9.17, 15) is 9.59 Å². The van der Waals surface area contributed by atoms with E-state index in [1.807, 2.05) is 30.3 Å². The van der Waals surface area contributed by atoms with E-state index in [1.54, 1.807) is 15.9 Å². The number of fused-ring (bicyclic) bond motifs is 1. The van der Waals surface area contributed by atoms with Gasteiger partial charge in [-0.15, -0.1) is 0 Å². The predicted octanol–water partition coefficient (Wildman–Crippen LogP) is 4.24. The van der Waals surface area contributed by atoms with E-state index in [4.69, 9.17) is 21.1 Å². The molecule has 7 heteroatoms. The second kappa shape index (κ2) is 8.42. The maximum absolute atomic E-state index is 13.0. The van der Waals surface area contributed by atoms with Crippen molar-refractivity contribution in [3.8, 4) is 11.5 Å². The van der Waals surface area contributed by atoms with Crippen LogP contribution in [0.1, 0.15) is 48.7 Å². The molecule has 2 amide bonds. The molecule has 1 fully saturated rings. The molecule has 6 nitrogen and oxygen atoms in total. The van der Waals surface area contributed by atoms with Crippen LogP contribution in [0.2, 0.25) is 5.02 Å². The monoisotopic (exact) mass is 442 g/mol. The van der Waals surface area contributed by atoms with Gasteiger partial charge in [0.1, 0.15) is 0 Å². The van der Waals surface area contributed by atoms with Gasteiger partial charge in [-0.05, 0) is 34.7 Å². The summed E-state index contributed by atoms with van der Waals surface area (Å²) in [6.45, 7) is 8.32. The van der Waals surface area contributed by atoms with Gasteiger partial charge in [0.2, 0.25) is 12.7 Å². The molecule has 2 aromatic rings. The number of benzene rings is 2. The summed E-state index contributed by atoms with van der Waals surface area (Å²) in [6.07, 6.45) is 0.286. The Morgan fingerprint density at radius 1 is 1.03 bits per heavy atom. The number of hydrogen-bond donors (Lipinski definition) is 0. The molecule has 2 aliphatic heterocycles. The summed E-state index contributed by atoms with van der Waals surface area (Å²) in [5.74, 6) is 1.21. The van der Waals surface area contributed by atoms with E-state index in [-0.39, 0.29) is 30.4 Å². The Morgan fingerprint density at radius 2 is 1.71 bits per heavy atom. The normalized spacial score (nSPS) is 16.5. The van der Waals surface area contributed by atoms with Crippen molar-refractivity contribution < 1.29 is 19.1 Å². The van der Waals surface area contributed by atoms with Crippen molar-refractivity contribution in [3.63, 3.8) is 0 Å². The molecule has 0 spiro atoms. The standard InChI is InChI=1S/C24H27ClN2O4/c1-24(2,3)18-6-4-16(5-7-18)23(29)26-9-8-22(28)27(11-10-26)14-17-12-20-21(13-19(17)25)31-15-30-20/h4-7,12-13H,8-11,14-15H2,1-3H3. The molecule has 0 aliphatic carbocycles. The van der Waals surface area contributed by atoms with Gasteiger partial charge in [0.15, 0.2) is 11.5 Å². The fourth-order valence-electron chi connectivity index (χ4n) is 3.82. The first-order valence-electron chi connectivity index (χ1n) is 10.5. The van der Waals surface area contributed by atoms with Crippen LogP contribution < -0.4 is 9.47 Å². The summed E-state index contributed by atoms with van der Waals surface area (Å²) >= 11 is 6.38. The first kappa shape index (κ1) is 21.5. The van der Waals surface area contributed by atoms with Crippen LogP contribution in [0.4, 0.5) is 0 Å². The first-order chi connectivity index (χ1) is 14.7.